The van der Waals surface area contributed by atoms with E-state index >= 15 is 0 Å². The van der Waals surface area contributed by atoms with Crippen LogP contribution in [0.2, 0.25) is 0 Å². The van der Waals surface area contributed by atoms with Crippen molar-refractivity contribution in [2.75, 3.05) is 5.32 Å². The van der Waals surface area contributed by atoms with E-state index in [0.717, 1.165) is 34.8 Å². The van der Waals surface area contributed by atoms with Crippen LogP contribution in [0.3, 0.4) is 0 Å². The molecule has 2 aliphatic rings. The van der Waals surface area contributed by atoms with E-state index in [1.807, 2.05) is 31.3 Å². The van der Waals surface area contributed by atoms with Crippen LogP contribution in [0.15, 0.2) is 41.4 Å². The Kier molecular flexibility index (Phi) is 5.19. The first-order valence-electron chi connectivity index (χ1n) is 10.5. The Morgan fingerprint density at radius 3 is 2.74 bits per heavy atom. The number of hydrogen-bond donors (Lipinski definition) is 3. The number of anilines is 2. The average molecular weight is 456 g/mol. The first kappa shape index (κ1) is 20.4. The maximum atomic E-state index is 13.2. The molecule has 0 saturated heterocycles. The number of nitrogens with zero attached hydrogens (tertiary/aromatic N) is 2. The van der Waals surface area contributed by atoms with Gasteiger partial charge in [-0.3, -0.25) is 5.10 Å². The Bertz CT molecular complexity index is 1250. The standard InChI is InChI=1S/C22H25N5O2S2/c1-13-10-21(27-26-13)25-16-6-9-18(20(11-16)31(28,29)17-7-8-17)22-24-12-19(30-22)14-2-4-15(23)5-3-14/h2,6,9-12,15,17H,3-5,7-8,23H2,1H3,(H2,25,26,27). The quantitative estimate of drug-likeness (QED) is 0.507. The third-order valence-corrected chi connectivity index (χ3v) is 9.14. The Balaban J connectivity index is 1.52. The fraction of sp³-hybridized carbons (Fsp3) is 0.364. The number of hydrogen-bond acceptors (Lipinski definition) is 7. The smallest absolute Gasteiger partial charge is 0.182 e. The summed E-state index contributed by atoms with van der Waals surface area (Å²) in [6.45, 7) is 1.92. The van der Waals surface area contributed by atoms with Crippen LogP contribution in [0.1, 0.15) is 42.7 Å². The highest BCUT2D eigenvalue weighted by molar-refractivity contribution is 7.92. The topological polar surface area (TPSA) is 114 Å². The van der Waals surface area contributed by atoms with Crippen molar-refractivity contribution in [3.05, 3.63) is 47.1 Å². The molecule has 0 bridgehead atoms. The summed E-state index contributed by atoms with van der Waals surface area (Å²) in [6, 6.07) is 7.55. The molecule has 9 heteroatoms. The summed E-state index contributed by atoms with van der Waals surface area (Å²) in [7, 11) is -3.41. The van der Waals surface area contributed by atoms with Crippen molar-refractivity contribution in [3.63, 3.8) is 0 Å². The highest BCUT2D eigenvalue weighted by Crippen LogP contribution is 2.41. The van der Waals surface area contributed by atoms with Gasteiger partial charge in [0.25, 0.3) is 0 Å². The number of nitrogens with one attached hydrogen (secondary N) is 2. The summed E-state index contributed by atoms with van der Waals surface area (Å²) >= 11 is 1.55. The molecular formula is C22H25N5O2S2. The molecule has 1 atom stereocenters. The lowest BCUT2D eigenvalue weighted by atomic mass is 9.95. The molecule has 5 rings (SSSR count). The second kappa shape index (κ2) is 7.89. The molecule has 4 N–H and O–H groups in total. The Morgan fingerprint density at radius 1 is 1.23 bits per heavy atom. The van der Waals surface area contributed by atoms with Crippen LogP contribution in [-0.2, 0) is 9.84 Å². The number of sulfone groups is 1. The minimum absolute atomic E-state index is 0.227. The van der Waals surface area contributed by atoms with Crippen LogP contribution in [0.4, 0.5) is 11.5 Å². The van der Waals surface area contributed by atoms with E-state index in [4.69, 9.17) is 5.73 Å². The van der Waals surface area contributed by atoms with Crippen LogP contribution >= 0.6 is 11.3 Å². The summed E-state index contributed by atoms with van der Waals surface area (Å²) in [5.74, 6) is 0.652. The van der Waals surface area contributed by atoms with Gasteiger partial charge in [0, 0.05) is 35.2 Å². The second-order valence-corrected chi connectivity index (χ2v) is 11.5. The fourth-order valence-electron chi connectivity index (χ4n) is 3.83. The first-order chi connectivity index (χ1) is 14.9. The molecule has 0 aliphatic heterocycles. The van der Waals surface area contributed by atoms with Crippen molar-refractivity contribution >= 4 is 38.3 Å². The van der Waals surface area contributed by atoms with E-state index in [1.165, 1.54) is 5.57 Å². The largest absolute Gasteiger partial charge is 0.339 e. The molecule has 1 saturated carbocycles. The molecule has 1 fully saturated rings. The van der Waals surface area contributed by atoms with Gasteiger partial charge in [0.1, 0.15) is 5.01 Å². The molecule has 0 spiro atoms. The number of aryl methyl sites for hydroxylation is 1. The predicted molar refractivity (Wildman–Crippen MR) is 124 cm³/mol. The molecule has 7 nitrogen and oxygen atoms in total. The third kappa shape index (κ3) is 4.17. The van der Waals surface area contributed by atoms with E-state index < -0.39 is 9.84 Å². The minimum Gasteiger partial charge on any atom is -0.339 e. The van der Waals surface area contributed by atoms with Crippen LogP contribution in [0.5, 0.6) is 0 Å². The van der Waals surface area contributed by atoms with Crippen LogP contribution in [-0.4, -0.2) is 34.9 Å². The van der Waals surface area contributed by atoms with Gasteiger partial charge >= 0.3 is 0 Å². The molecule has 162 valence electrons. The number of H-pyrrole nitrogens is 1. The lowest BCUT2D eigenvalue weighted by Gasteiger charge is -2.16. The number of thiazole rings is 1. The van der Waals surface area contributed by atoms with Gasteiger partial charge in [-0.05, 0) is 62.8 Å². The van der Waals surface area contributed by atoms with Crippen molar-refractivity contribution < 1.29 is 8.42 Å². The molecule has 0 radical (unpaired) electrons. The molecule has 1 aromatic carbocycles. The summed E-state index contributed by atoms with van der Waals surface area (Å²) in [4.78, 5) is 6.03. The summed E-state index contributed by atoms with van der Waals surface area (Å²) in [5, 5.41) is 10.7. The van der Waals surface area contributed by atoms with Gasteiger partial charge in [0.15, 0.2) is 15.7 Å². The van der Waals surface area contributed by atoms with Crippen LogP contribution < -0.4 is 11.1 Å². The van der Waals surface area contributed by atoms with Crippen LogP contribution in [0.25, 0.3) is 16.1 Å². The van der Waals surface area contributed by atoms with Gasteiger partial charge in [-0.1, -0.05) is 6.08 Å². The van der Waals surface area contributed by atoms with Crippen molar-refractivity contribution in [1.29, 1.82) is 0 Å². The van der Waals surface area contributed by atoms with E-state index in [-0.39, 0.29) is 11.3 Å². The highest BCUT2D eigenvalue weighted by Gasteiger charge is 2.38. The third-order valence-electron chi connectivity index (χ3n) is 5.73. The number of rotatable bonds is 6. The fourth-order valence-corrected chi connectivity index (χ4v) is 6.79. The van der Waals surface area contributed by atoms with Gasteiger partial charge in [-0.25, -0.2) is 13.4 Å². The summed E-state index contributed by atoms with van der Waals surface area (Å²) < 4.78 is 26.5. The number of benzene rings is 1. The Morgan fingerprint density at radius 2 is 2.06 bits per heavy atom. The normalized spacial score (nSPS) is 19.3. The van der Waals surface area contributed by atoms with Crippen LogP contribution in [0, 0.1) is 6.92 Å². The maximum absolute atomic E-state index is 13.2. The van der Waals surface area contributed by atoms with Crippen molar-refractivity contribution in [1.82, 2.24) is 15.2 Å². The number of allylic oxidation sites excluding steroid dienone is 1. The van der Waals surface area contributed by atoms with E-state index in [9.17, 15) is 8.42 Å². The van der Waals surface area contributed by atoms with Crippen molar-refractivity contribution in [2.45, 2.75) is 55.2 Å². The zero-order valence-corrected chi connectivity index (χ0v) is 18.9. The molecule has 3 aromatic rings. The lowest BCUT2D eigenvalue weighted by Crippen LogP contribution is -2.21. The zero-order chi connectivity index (χ0) is 21.6. The second-order valence-electron chi connectivity index (χ2n) is 8.31. The molecule has 2 aromatic heterocycles. The number of aromatic amines is 1. The monoisotopic (exact) mass is 455 g/mol. The number of aromatic nitrogens is 3. The molecular weight excluding hydrogens is 430 g/mol. The lowest BCUT2D eigenvalue weighted by molar-refractivity contribution is 0.595. The van der Waals surface area contributed by atoms with Gasteiger partial charge in [0.05, 0.1) is 15.0 Å². The van der Waals surface area contributed by atoms with E-state index in [2.05, 4.69) is 26.6 Å². The first-order valence-corrected chi connectivity index (χ1v) is 12.8. The van der Waals surface area contributed by atoms with Crippen molar-refractivity contribution in [2.24, 2.45) is 5.73 Å². The van der Waals surface area contributed by atoms with Gasteiger partial charge in [-0.2, -0.15) is 5.10 Å². The minimum atomic E-state index is -3.41. The molecule has 1 unspecified atom stereocenters. The summed E-state index contributed by atoms with van der Waals surface area (Å²) in [5.41, 5.74) is 9.55. The Hall–Kier alpha value is -2.49. The molecule has 2 aliphatic carbocycles. The number of nitrogens with two attached hydrogens (primary N) is 1. The Labute approximate surface area is 185 Å². The van der Waals surface area contributed by atoms with E-state index in [0.29, 0.717) is 34.8 Å². The zero-order valence-electron chi connectivity index (χ0n) is 17.3. The average Bonchev–Trinajstić information content (AvgIpc) is 3.38. The molecule has 0 amide bonds. The van der Waals surface area contributed by atoms with Gasteiger partial charge in [-0.15, -0.1) is 11.3 Å². The predicted octanol–water partition coefficient (Wildman–Crippen LogP) is 4.42. The highest BCUT2D eigenvalue weighted by atomic mass is 32.2. The molecule has 2 heterocycles. The maximum Gasteiger partial charge on any atom is 0.182 e. The van der Waals surface area contributed by atoms with E-state index in [1.54, 1.807) is 17.4 Å². The summed E-state index contributed by atoms with van der Waals surface area (Å²) in [6.07, 6.45) is 8.25. The van der Waals surface area contributed by atoms with Gasteiger partial charge < -0.3 is 11.1 Å². The van der Waals surface area contributed by atoms with Gasteiger partial charge in [0.2, 0.25) is 0 Å². The van der Waals surface area contributed by atoms with Crippen molar-refractivity contribution in [3.8, 4) is 10.6 Å². The SMILES string of the molecule is Cc1cc(Nc2ccc(-c3ncc(C4=CCC(N)CC4)s3)c(S(=O)(=O)C3CC3)c2)n[nH]1. The molecule has 31 heavy (non-hydrogen) atoms.